The second-order valence-electron chi connectivity index (χ2n) is 8.75. The minimum atomic E-state index is -0.410. The van der Waals surface area contributed by atoms with Crippen LogP contribution in [-0.4, -0.2) is 56.5 Å². The summed E-state index contributed by atoms with van der Waals surface area (Å²) in [5, 5.41) is 3.00. The Morgan fingerprint density at radius 3 is 2.41 bits per heavy atom. The van der Waals surface area contributed by atoms with Crippen LogP contribution in [0, 0.1) is 11.8 Å². The van der Waals surface area contributed by atoms with Crippen LogP contribution in [0.25, 0.3) is 0 Å². The molecule has 2 fully saturated rings. The van der Waals surface area contributed by atoms with Crippen molar-refractivity contribution in [2.24, 2.45) is 11.8 Å². The predicted octanol–water partition coefficient (Wildman–Crippen LogP) is 2.61. The van der Waals surface area contributed by atoms with Crippen LogP contribution in [0.3, 0.4) is 0 Å². The van der Waals surface area contributed by atoms with Crippen LogP contribution in [0.2, 0.25) is 0 Å². The molecule has 0 radical (unpaired) electrons. The Kier molecular flexibility index (Phi) is 7.35. The van der Waals surface area contributed by atoms with Gasteiger partial charge in [0.2, 0.25) is 17.7 Å². The van der Waals surface area contributed by atoms with E-state index in [2.05, 4.69) is 5.32 Å². The number of rotatable bonds is 7. The minimum Gasteiger partial charge on any atom is -0.497 e. The van der Waals surface area contributed by atoms with Crippen LogP contribution in [0.1, 0.15) is 24.8 Å². The molecule has 2 aromatic rings. The van der Waals surface area contributed by atoms with Crippen LogP contribution in [0.15, 0.2) is 48.5 Å². The minimum absolute atomic E-state index is 0.0270. The molecule has 4 rings (SSSR count). The molecule has 0 aliphatic carbocycles. The number of hydrogen-bond acceptors (Lipinski definition) is 5. The molecule has 1 N–H and O–H groups in total. The fourth-order valence-electron chi connectivity index (χ4n) is 4.66. The first-order chi connectivity index (χ1) is 16.5. The van der Waals surface area contributed by atoms with Crippen LogP contribution in [0.4, 0.5) is 5.69 Å². The molecular weight excluding hydrogens is 434 g/mol. The number of carbonyl (C=O) groups excluding carboxylic acids is 3. The smallest absolute Gasteiger partial charge is 0.228 e. The fraction of sp³-hybridized carbons (Fsp3) is 0.423. The third-order valence-corrected chi connectivity index (χ3v) is 6.64. The van der Waals surface area contributed by atoms with Crippen LogP contribution >= 0.6 is 0 Å². The summed E-state index contributed by atoms with van der Waals surface area (Å²) in [4.78, 5) is 41.9. The average molecular weight is 466 g/mol. The molecule has 8 heteroatoms. The number of likely N-dealkylation sites (tertiary alicyclic amines) is 1. The molecule has 2 aromatic carbocycles. The van der Waals surface area contributed by atoms with Crippen LogP contribution < -0.4 is 19.7 Å². The van der Waals surface area contributed by atoms with Gasteiger partial charge in [-0.2, -0.15) is 0 Å². The highest BCUT2D eigenvalue weighted by atomic mass is 16.5. The van der Waals surface area contributed by atoms with Gasteiger partial charge in [0.15, 0.2) is 0 Å². The Balaban J connectivity index is 1.31. The zero-order valence-corrected chi connectivity index (χ0v) is 19.7. The largest absolute Gasteiger partial charge is 0.497 e. The van der Waals surface area contributed by atoms with E-state index >= 15 is 0 Å². The average Bonchev–Trinajstić information content (AvgIpc) is 3.28. The predicted molar refractivity (Wildman–Crippen MR) is 128 cm³/mol. The zero-order valence-electron chi connectivity index (χ0n) is 19.7. The SMILES string of the molecule is COc1ccc(OC)c(N2CC(C(=O)N3CCC(C(=O)NCc4ccccc4)CC3)CC2=O)c1. The number of methoxy groups -OCH3 is 2. The van der Waals surface area contributed by atoms with Gasteiger partial charge in [-0.05, 0) is 30.5 Å². The summed E-state index contributed by atoms with van der Waals surface area (Å²) in [6.07, 6.45) is 1.41. The summed E-state index contributed by atoms with van der Waals surface area (Å²) >= 11 is 0. The number of hydrogen-bond donors (Lipinski definition) is 1. The van der Waals surface area contributed by atoms with Gasteiger partial charge >= 0.3 is 0 Å². The van der Waals surface area contributed by atoms with Crippen molar-refractivity contribution in [3.05, 3.63) is 54.1 Å². The molecule has 0 aromatic heterocycles. The van der Waals surface area contributed by atoms with Crippen molar-refractivity contribution in [3.8, 4) is 11.5 Å². The maximum absolute atomic E-state index is 13.2. The topological polar surface area (TPSA) is 88.2 Å². The first-order valence-electron chi connectivity index (χ1n) is 11.6. The Labute approximate surface area is 199 Å². The van der Waals surface area contributed by atoms with E-state index in [1.165, 1.54) is 0 Å². The quantitative estimate of drug-likeness (QED) is 0.679. The molecule has 3 amide bonds. The van der Waals surface area contributed by atoms with E-state index in [-0.39, 0.29) is 30.1 Å². The van der Waals surface area contributed by atoms with Crippen molar-refractivity contribution in [3.63, 3.8) is 0 Å². The lowest BCUT2D eigenvalue weighted by Crippen LogP contribution is -2.45. The third-order valence-electron chi connectivity index (χ3n) is 6.64. The maximum Gasteiger partial charge on any atom is 0.228 e. The Hall–Kier alpha value is -3.55. The summed E-state index contributed by atoms with van der Waals surface area (Å²) in [5.74, 6) is 0.558. The Morgan fingerprint density at radius 1 is 1.00 bits per heavy atom. The number of benzene rings is 2. The van der Waals surface area contributed by atoms with E-state index < -0.39 is 5.92 Å². The van der Waals surface area contributed by atoms with Gasteiger partial charge in [-0.15, -0.1) is 0 Å². The number of carbonyl (C=O) groups is 3. The first kappa shape index (κ1) is 23.6. The van der Waals surface area contributed by atoms with Gasteiger partial charge in [-0.3, -0.25) is 14.4 Å². The molecule has 0 saturated carbocycles. The molecule has 34 heavy (non-hydrogen) atoms. The normalized spacial score (nSPS) is 18.6. The zero-order chi connectivity index (χ0) is 24.1. The highest BCUT2D eigenvalue weighted by Gasteiger charge is 2.39. The standard InChI is InChI=1S/C26H31N3O5/c1-33-21-8-9-23(34-2)22(15-21)29-17-20(14-24(29)30)26(32)28-12-10-19(11-13-28)25(31)27-16-18-6-4-3-5-7-18/h3-9,15,19-20H,10-14,16-17H2,1-2H3,(H,27,31). The highest BCUT2D eigenvalue weighted by Crippen LogP contribution is 2.36. The maximum atomic E-state index is 13.2. The van der Waals surface area contributed by atoms with Gasteiger partial charge < -0.3 is 24.6 Å². The van der Waals surface area contributed by atoms with Crippen molar-refractivity contribution >= 4 is 23.4 Å². The molecule has 8 nitrogen and oxygen atoms in total. The molecule has 1 atom stereocenters. The van der Waals surface area contributed by atoms with E-state index in [9.17, 15) is 14.4 Å². The van der Waals surface area contributed by atoms with E-state index in [4.69, 9.17) is 9.47 Å². The van der Waals surface area contributed by atoms with Gasteiger partial charge in [0.1, 0.15) is 11.5 Å². The molecule has 2 aliphatic rings. The number of nitrogens with one attached hydrogen (secondary N) is 1. The van der Waals surface area contributed by atoms with Gasteiger partial charge in [0, 0.05) is 44.6 Å². The monoisotopic (exact) mass is 465 g/mol. The van der Waals surface area contributed by atoms with E-state index in [0.717, 1.165) is 5.56 Å². The Morgan fingerprint density at radius 2 is 1.74 bits per heavy atom. The van der Waals surface area contributed by atoms with Crippen molar-refractivity contribution in [2.45, 2.75) is 25.8 Å². The van der Waals surface area contributed by atoms with Crippen molar-refractivity contribution < 1.29 is 23.9 Å². The summed E-state index contributed by atoms with van der Waals surface area (Å²) in [5.41, 5.74) is 1.67. The molecule has 0 bridgehead atoms. The molecule has 2 aliphatic heterocycles. The molecule has 2 saturated heterocycles. The number of anilines is 1. The summed E-state index contributed by atoms with van der Waals surface area (Å²) < 4.78 is 10.7. The summed E-state index contributed by atoms with van der Waals surface area (Å²) in [6.45, 7) is 1.86. The van der Waals surface area contributed by atoms with E-state index in [1.807, 2.05) is 30.3 Å². The van der Waals surface area contributed by atoms with Crippen molar-refractivity contribution in [2.75, 3.05) is 38.8 Å². The van der Waals surface area contributed by atoms with Gasteiger partial charge in [0.05, 0.1) is 25.8 Å². The number of piperidine rings is 1. The van der Waals surface area contributed by atoms with Crippen molar-refractivity contribution in [1.82, 2.24) is 10.2 Å². The molecular formula is C26H31N3O5. The second-order valence-corrected chi connectivity index (χ2v) is 8.75. The fourth-order valence-corrected chi connectivity index (χ4v) is 4.66. The summed E-state index contributed by atoms with van der Waals surface area (Å²) in [6, 6.07) is 15.1. The molecule has 2 heterocycles. The Bertz CT molecular complexity index is 1030. The molecule has 180 valence electrons. The number of nitrogens with zero attached hydrogens (tertiary/aromatic N) is 2. The second kappa shape index (κ2) is 10.6. The van der Waals surface area contributed by atoms with Crippen LogP contribution in [0.5, 0.6) is 11.5 Å². The van der Waals surface area contributed by atoms with Gasteiger partial charge in [-0.1, -0.05) is 30.3 Å². The molecule has 1 unspecified atom stereocenters. The van der Waals surface area contributed by atoms with Crippen LogP contribution in [-0.2, 0) is 20.9 Å². The lowest BCUT2D eigenvalue weighted by Gasteiger charge is -2.33. The number of amides is 3. The highest BCUT2D eigenvalue weighted by molar-refractivity contribution is 6.01. The van der Waals surface area contributed by atoms with Gasteiger partial charge in [0.25, 0.3) is 0 Å². The lowest BCUT2D eigenvalue weighted by molar-refractivity contribution is -0.139. The van der Waals surface area contributed by atoms with E-state index in [1.54, 1.807) is 42.2 Å². The third kappa shape index (κ3) is 5.16. The van der Waals surface area contributed by atoms with Gasteiger partial charge in [-0.25, -0.2) is 0 Å². The van der Waals surface area contributed by atoms with E-state index in [0.29, 0.717) is 56.2 Å². The lowest BCUT2D eigenvalue weighted by atomic mass is 9.94. The van der Waals surface area contributed by atoms with Crippen molar-refractivity contribution in [1.29, 1.82) is 0 Å². The molecule has 0 spiro atoms. The number of ether oxygens (including phenoxy) is 2. The summed E-state index contributed by atoms with van der Waals surface area (Å²) in [7, 11) is 3.12. The first-order valence-corrected chi connectivity index (χ1v) is 11.6.